The van der Waals surface area contributed by atoms with Crippen LogP contribution in [0.3, 0.4) is 0 Å². The Morgan fingerprint density at radius 1 is 1.03 bits per heavy atom. The number of para-hydroxylation sites is 3. The number of carboxylic acids is 1. The molecule has 1 aliphatic heterocycles. The summed E-state index contributed by atoms with van der Waals surface area (Å²) in [6.45, 7) is 3.04. The van der Waals surface area contributed by atoms with Gasteiger partial charge in [-0.1, -0.05) is 30.3 Å². The van der Waals surface area contributed by atoms with Crippen LogP contribution in [0, 0.1) is 6.92 Å². The van der Waals surface area contributed by atoms with E-state index in [0.29, 0.717) is 30.8 Å². The molecule has 0 fully saturated rings. The molecule has 5 rings (SSSR count). The smallest absolute Gasteiger partial charge is 0.303 e. The topological polar surface area (TPSA) is 81.0 Å². The highest BCUT2D eigenvalue weighted by atomic mass is 16.5. The Hall–Kier alpha value is -4.26. The van der Waals surface area contributed by atoms with Crippen molar-refractivity contribution in [2.75, 3.05) is 25.1 Å². The molecule has 0 aliphatic carbocycles. The fourth-order valence-corrected chi connectivity index (χ4v) is 5.02. The van der Waals surface area contributed by atoms with Gasteiger partial charge in [0.25, 0.3) is 5.91 Å². The van der Waals surface area contributed by atoms with Crippen LogP contribution in [0.5, 0.6) is 11.5 Å². The van der Waals surface area contributed by atoms with E-state index in [4.69, 9.17) is 14.6 Å². The summed E-state index contributed by atoms with van der Waals surface area (Å²) in [5, 5.41) is 10.0. The van der Waals surface area contributed by atoms with Gasteiger partial charge < -0.3 is 19.5 Å². The molecule has 0 bridgehead atoms. The zero-order valence-electron chi connectivity index (χ0n) is 21.0. The van der Waals surface area contributed by atoms with Crippen molar-refractivity contribution < 1.29 is 24.2 Å². The molecule has 0 spiro atoms. The van der Waals surface area contributed by atoms with Crippen molar-refractivity contribution in [1.82, 2.24) is 4.57 Å². The van der Waals surface area contributed by atoms with Crippen LogP contribution in [-0.4, -0.2) is 47.9 Å². The minimum atomic E-state index is -0.813. The molecule has 0 unspecified atom stereocenters. The maximum absolute atomic E-state index is 13.5. The Kier molecular flexibility index (Phi) is 6.86. The van der Waals surface area contributed by atoms with Crippen LogP contribution in [-0.2, 0) is 11.2 Å². The molecule has 7 heteroatoms. The van der Waals surface area contributed by atoms with Gasteiger partial charge in [0.05, 0.1) is 17.7 Å². The Labute approximate surface area is 215 Å². The fourth-order valence-electron chi connectivity index (χ4n) is 5.02. The third-order valence-corrected chi connectivity index (χ3v) is 6.85. The molecular weight excluding hydrogens is 468 g/mol. The number of carbonyl (C=O) groups excluding carboxylic acids is 1. The first-order valence-electron chi connectivity index (χ1n) is 12.5. The van der Waals surface area contributed by atoms with Gasteiger partial charge in [-0.15, -0.1) is 0 Å². The Bertz CT molecular complexity index is 1440. The molecule has 3 aromatic carbocycles. The van der Waals surface area contributed by atoms with Crippen molar-refractivity contribution >= 4 is 28.5 Å². The highest BCUT2D eigenvalue weighted by molar-refractivity contribution is 6.04. The Morgan fingerprint density at radius 3 is 2.54 bits per heavy atom. The van der Waals surface area contributed by atoms with Gasteiger partial charge in [0, 0.05) is 30.1 Å². The third kappa shape index (κ3) is 5.03. The van der Waals surface area contributed by atoms with Gasteiger partial charge >= 0.3 is 5.97 Å². The van der Waals surface area contributed by atoms with Crippen LogP contribution in [0.25, 0.3) is 10.9 Å². The van der Waals surface area contributed by atoms with Gasteiger partial charge in [-0.05, 0) is 67.8 Å². The van der Waals surface area contributed by atoms with Crippen LogP contribution in [0.4, 0.5) is 5.69 Å². The van der Waals surface area contributed by atoms with E-state index in [1.807, 2.05) is 74.6 Å². The average Bonchev–Trinajstić information content (AvgIpc) is 3.18. The number of hydrogen-bond donors (Lipinski definition) is 1. The monoisotopic (exact) mass is 498 g/mol. The van der Waals surface area contributed by atoms with Gasteiger partial charge in [-0.2, -0.15) is 0 Å². The zero-order chi connectivity index (χ0) is 25.9. The quantitative estimate of drug-likeness (QED) is 0.354. The van der Waals surface area contributed by atoms with E-state index in [2.05, 4.69) is 4.90 Å². The number of carboxylic acid groups (broad SMARTS) is 1. The molecular formula is C30H30N2O5. The zero-order valence-corrected chi connectivity index (χ0v) is 21.0. The van der Waals surface area contributed by atoms with Gasteiger partial charge in [0.2, 0.25) is 0 Å². The molecule has 190 valence electrons. The van der Waals surface area contributed by atoms with Crippen molar-refractivity contribution in [3.8, 4) is 11.5 Å². The first kappa shape index (κ1) is 24.4. The molecule has 4 aromatic rings. The lowest BCUT2D eigenvalue weighted by Crippen LogP contribution is -2.41. The van der Waals surface area contributed by atoms with Crippen LogP contribution < -0.4 is 14.4 Å². The predicted molar refractivity (Wildman–Crippen MR) is 143 cm³/mol. The summed E-state index contributed by atoms with van der Waals surface area (Å²) in [6, 6.07) is 22.9. The van der Waals surface area contributed by atoms with Gasteiger partial charge in [-0.3, -0.25) is 14.2 Å². The molecule has 0 amide bonds. The lowest BCUT2D eigenvalue weighted by molar-refractivity contribution is -0.137. The number of rotatable bonds is 8. The lowest BCUT2D eigenvalue weighted by Gasteiger charge is -2.33. The predicted octanol–water partition coefficient (Wildman–Crippen LogP) is 5.32. The number of aromatic nitrogens is 1. The van der Waals surface area contributed by atoms with Crippen LogP contribution in [0.15, 0.2) is 72.8 Å². The van der Waals surface area contributed by atoms with Crippen molar-refractivity contribution in [2.24, 2.45) is 0 Å². The lowest BCUT2D eigenvalue weighted by atomic mass is 10.0. The normalized spacial score (nSPS) is 14.8. The molecule has 37 heavy (non-hydrogen) atoms. The van der Waals surface area contributed by atoms with E-state index in [9.17, 15) is 9.59 Å². The molecule has 2 heterocycles. The molecule has 0 saturated heterocycles. The standard InChI is InChI=1S/C30H30N2O5/c1-20-24(9-7-13-29(33)34)25-8-3-4-10-26(25)32(20)30(35)21-14-16-22(17-15-21)36-19-23-18-31(2)27-11-5-6-12-28(27)37-23/h3-6,8,10-12,14-17,23H,7,9,13,18-19H2,1-2H3,(H,33,34)/t23-/m0/s1. The maximum Gasteiger partial charge on any atom is 0.303 e. The summed E-state index contributed by atoms with van der Waals surface area (Å²) in [5.41, 5.74) is 4.31. The number of nitrogens with zero attached hydrogens (tertiary/aromatic N) is 2. The molecule has 7 nitrogen and oxygen atoms in total. The minimum absolute atomic E-state index is 0.100. The number of anilines is 1. The van der Waals surface area contributed by atoms with E-state index in [1.165, 1.54) is 0 Å². The second-order valence-electron chi connectivity index (χ2n) is 9.39. The molecule has 0 radical (unpaired) electrons. The summed E-state index contributed by atoms with van der Waals surface area (Å²) in [7, 11) is 2.04. The number of likely N-dealkylation sites (N-methyl/N-ethyl adjacent to an activating group) is 1. The highest BCUT2D eigenvalue weighted by Gasteiger charge is 2.24. The van der Waals surface area contributed by atoms with E-state index in [0.717, 1.165) is 40.1 Å². The average molecular weight is 499 g/mol. The summed E-state index contributed by atoms with van der Waals surface area (Å²) >= 11 is 0. The second kappa shape index (κ2) is 10.4. The number of hydrogen-bond acceptors (Lipinski definition) is 5. The first-order valence-corrected chi connectivity index (χ1v) is 12.5. The van der Waals surface area contributed by atoms with E-state index in [1.54, 1.807) is 16.7 Å². The Balaban J connectivity index is 1.29. The number of carbonyl (C=O) groups is 2. The maximum atomic E-state index is 13.5. The van der Waals surface area contributed by atoms with Crippen molar-refractivity contribution in [3.63, 3.8) is 0 Å². The number of aliphatic carboxylic acids is 1. The summed E-state index contributed by atoms with van der Waals surface area (Å²) in [6.07, 6.45) is 1.13. The fraction of sp³-hybridized carbons (Fsp3) is 0.267. The molecule has 1 aromatic heterocycles. The van der Waals surface area contributed by atoms with Crippen LogP contribution in [0.1, 0.15) is 34.5 Å². The van der Waals surface area contributed by atoms with Crippen molar-refractivity contribution in [3.05, 3.63) is 89.6 Å². The number of benzene rings is 3. The largest absolute Gasteiger partial charge is 0.490 e. The van der Waals surface area contributed by atoms with Crippen molar-refractivity contribution in [2.45, 2.75) is 32.3 Å². The van der Waals surface area contributed by atoms with Crippen LogP contribution >= 0.6 is 0 Å². The van der Waals surface area contributed by atoms with Gasteiger partial charge in [0.15, 0.2) is 0 Å². The molecule has 0 saturated carbocycles. The number of aryl methyl sites for hydroxylation is 1. The number of ether oxygens (including phenoxy) is 2. The minimum Gasteiger partial charge on any atom is -0.490 e. The SMILES string of the molecule is Cc1c(CCCC(=O)O)c2ccccc2n1C(=O)c1ccc(OC[C@@H]2CN(C)c3ccccc3O2)cc1. The molecule has 1 aliphatic rings. The summed E-state index contributed by atoms with van der Waals surface area (Å²) < 4.78 is 13.8. The molecule has 1 atom stereocenters. The molecule has 1 N–H and O–H groups in total. The summed E-state index contributed by atoms with van der Waals surface area (Å²) in [4.78, 5) is 26.7. The van der Waals surface area contributed by atoms with Gasteiger partial charge in [0.1, 0.15) is 24.2 Å². The van der Waals surface area contributed by atoms with E-state index in [-0.39, 0.29) is 18.4 Å². The Morgan fingerprint density at radius 2 is 1.76 bits per heavy atom. The van der Waals surface area contributed by atoms with E-state index >= 15 is 0 Å². The summed E-state index contributed by atoms with van der Waals surface area (Å²) in [5.74, 6) is 0.581. The highest BCUT2D eigenvalue weighted by Crippen LogP contribution is 2.32. The third-order valence-electron chi connectivity index (χ3n) is 6.85. The van der Waals surface area contributed by atoms with E-state index < -0.39 is 5.97 Å². The van der Waals surface area contributed by atoms with Gasteiger partial charge in [-0.25, -0.2) is 0 Å². The van der Waals surface area contributed by atoms with Crippen molar-refractivity contribution in [1.29, 1.82) is 0 Å². The second-order valence-corrected chi connectivity index (χ2v) is 9.39. The first-order chi connectivity index (χ1) is 17.9. The van der Waals surface area contributed by atoms with Crippen LogP contribution in [0.2, 0.25) is 0 Å². The number of fused-ring (bicyclic) bond motifs is 2.